The second-order valence-corrected chi connectivity index (χ2v) is 3.87. The number of esters is 2. The first-order valence-electron chi connectivity index (χ1n) is 5.59. The molecule has 0 aromatic heterocycles. The summed E-state index contributed by atoms with van der Waals surface area (Å²) >= 11 is 0. The molecule has 1 aliphatic rings. The standard InChI is InChI=1S/C13H14N2O4/c1-4-18-12(16)9(7-14)5-11-6-10(8-15(2)3)13(17)19-11/h5-6,8H,4H2,1-3H3/b9-5-,10-8-. The fourth-order valence-corrected chi connectivity index (χ4v) is 1.33. The summed E-state index contributed by atoms with van der Waals surface area (Å²) in [5, 5.41) is 8.85. The van der Waals surface area contributed by atoms with Crippen LogP contribution >= 0.6 is 0 Å². The van der Waals surface area contributed by atoms with E-state index in [2.05, 4.69) is 0 Å². The van der Waals surface area contributed by atoms with Gasteiger partial charge < -0.3 is 14.4 Å². The molecule has 0 spiro atoms. The average Bonchev–Trinajstić information content (AvgIpc) is 2.66. The Morgan fingerprint density at radius 2 is 2.26 bits per heavy atom. The Morgan fingerprint density at radius 3 is 2.79 bits per heavy atom. The lowest BCUT2D eigenvalue weighted by atomic mass is 10.2. The van der Waals surface area contributed by atoms with Gasteiger partial charge in [0.1, 0.15) is 17.4 Å². The predicted molar refractivity (Wildman–Crippen MR) is 66.3 cm³/mol. The molecule has 1 aliphatic heterocycles. The van der Waals surface area contributed by atoms with Crippen molar-refractivity contribution in [1.29, 1.82) is 5.26 Å². The highest BCUT2D eigenvalue weighted by molar-refractivity contribution is 5.97. The zero-order valence-corrected chi connectivity index (χ0v) is 11.0. The molecular weight excluding hydrogens is 248 g/mol. The van der Waals surface area contributed by atoms with Gasteiger partial charge in [-0.1, -0.05) is 0 Å². The number of carbonyl (C=O) groups is 2. The highest BCUT2D eigenvalue weighted by atomic mass is 16.5. The third-order valence-corrected chi connectivity index (χ3v) is 2.04. The normalized spacial score (nSPS) is 16.7. The second kappa shape index (κ2) is 6.40. The van der Waals surface area contributed by atoms with Crippen molar-refractivity contribution in [3.63, 3.8) is 0 Å². The number of carbonyl (C=O) groups excluding carboxylic acids is 2. The van der Waals surface area contributed by atoms with E-state index in [1.165, 1.54) is 12.2 Å². The number of hydrogen-bond donors (Lipinski definition) is 0. The average molecular weight is 262 g/mol. The van der Waals surface area contributed by atoms with E-state index in [0.717, 1.165) is 0 Å². The van der Waals surface area contributed by atoms with Crippen molar-refractivity contribution >= 4 is 11.9 Å². The summed E-state index contributed by atoms with van der Waals surface area (Å²) in [6, 6.07) is 1.71. The maximum absolute atomic E-state index is 11.5. The van der Waals surface area contributed by atoms with Crippen LogP contribution in [0.3, 0.4) is 0 Å². The molecule has 0 aromatic rings. The van der Waals surface area contributed by atoms with Crippen LogP contribution in [0.15, 0.2) is 35.3 Å². The van der Waals surface area contributed by atoms with Gasteiger partial charge in [0.05, 0.1) is 12.2 Å². The molecule has 6 nitrogen and oxygen atoms in total. The summed E-state index contributed by atoms with van der Waals surface area (Å²) in [4.78, 5) is 24.6. The van der Waals surface area contributed by atoms with Crippen molar-refractivity contribution in [3.8, 4) is 6.07 Å². The van der Waals surface area contributed by atoms with Gasteiger partial charge in [-0.3, -0.25) is 0 Å². The van der Waals surface area contributed by atoms with Crippen molar-refractivity contribution < 1.29 is 19.1 Å². The molecule has 0 saturated carbocycles. The van der Waals surface area contributed by atoms with E-state index in [-0.39, 0.29) is 17.9 Å². The molecular formula is C13H14N2O4. The van der Waals surface area contributed by atoms with Gasteiger partial charge in [0, 0.05) is 26.4 Å². The van der Waals surface area contributed by atoms with Crippen molar-refractivity contribution in [2.24, 2.45) is 0 Å². The highest BCUT2D eigenvalue weighted by Crippen LogP contribution is 2.19. The fraction of sp³-hybridized carbons (Fsp3) is 0.308. The van der Waals surface area contributed by atoms with E-state index in [1.54, 1.807) is 38.2 Å². The van der Waals surface area contributed by atoms with Crippen LogP contribution in [0, 0.1) is 11.3 Å². The van der Waals surface area contributed by atoms with E-state index in [9.17, 15) is 9.59 Å². The quantitative estimate of drug-likeness (QED) is 0.425. The number of nitriles is 1. The molecule has 0 N–H and O–H groups in total. The van der Waals surface area contributed by atoms with Gasteiger partial charge in [0.2, 0.25) is 0 Å². The van der Waals surface area contributed by atoms with Gasteiger partial charge in [0.25, 0.3) is 0 Å². The Morgan fingerprint density at radius 1 is 1.58 bits per heavy atom. The highest BCUT2D eigenvalue weighted by Gasteiger charge is 2.21. The Kier molecular flexibility index (Phi) is 4.89. The van der Waals surface area contributed by atoms with E-state index >= 15 is 0 Å². The van der Waals surface area contributed by atoms with Gasteiger partial charge in [-0.05, 0) is 13.0 Å². The first-order chi connectivity index (χ1) is 8.97. The molecule has 0 aromatic carbocycles. The van der Waals surface area contributed by atoms with Crippen molar-refractivity contribution in [2.45, 2.75) is 6.92 Å². The van der Waals surface area contributed by atoms with Crippen LogP contribution in [-0.4, -0.2) is 37.5 Å². The van der Waals surface area contributed by atoms with E-state index < -0.39 is 11.9 Å². The minimum absolute atomic E-state index is 0.141. The molecule has 0 amide bonds. The minimum Gasteiger partial charge on any atom is -0.462 e. The van der Waals surface area contributed by atoms with E-state index in [1.807, 2.05) is 0 Å². The van der Waals surface area contributed by atoms with E-state index in [4.69, 9.17) is 14.7 Å². The number of nitrogens with zero attached hydrogens (tertiary/aromatic N) is 2. The Labute approximate surface area is 111 Å². The van der Waals surface area contributed by atoms with E-state index in [0.29, 0.717) is 5.57 Å². The fourth-order valence-electron chi connectivity index (χ4n) is 1.33. The van der Waals surface area contributed by atoms with Crippen LogP contribution < -0.4 is 0 Å². The summed E-state index contributed by atoms with van der Waals surface area (Å²) in [5.41, 5.74) is 0.129. The summed E-state index contributed by atoms with van der Waals surface area (Å²) in [6.07, 6.45) is 4.23. The first kappa shape index (κ1) is 14.5. The van der Waals surface area contributed by atoms with Gasteiger partial charge >= 0.3 is 11.9 Å². The lowest BCUT2D eigenvalue weighted by Gasteiger charge is -2.03. The largest absolute Gasteiger partial charge is 0.462 e. The number of rotatable bonds is 4. The zero-order valence-electron chi connectivity index (χ0n) is 11.0. The summed E-state index contributed by atoms with van der Waals surface area (Å²) in [5.74, 6) is -1.13. The molecule has 0 atom stereocenters. The van der Waals surface area contributed by atoms with Crippen LogP contribution in [0.5, 0.6) is 0 Å². The summed E-state index contributed by atoms with van der Waals surface area (Å²) in [7, 11) is 3.53. The number of cyclic esters (lactones) is 1. The van der Waals surface area contributed by atoms with Crippen LogP contribution in [0.2, 0.25) is 0 Å². The predicted octanol–water partition coefficient (Wildman–Crippen LogP) is 0.886. The zero-order chi connectivity index (χ0) is 14.4. The topological polar surface area (TPSA) is 79.6 Å². The maximum Gasteiger partial charge on any atom is 0.349 e. The molecule has 19 heavy (non-hydrogen) atoms. The molecule has 1 rings (SSSR count). The van der Waals surface area contributed by atoms with Gasteiger partial charge in [-0.2, -0.15) is 5.26 Å². The van der Waals surface area contributed by atoms with Gasteiger partial charge in [0.15, 0.2) is 0 Å². The molecule has 0 fully saturated rings. The molecule has 0 aliphatic carbocycles. The number of allylic oxidation sites excluding steroid dienone is 1. The van der Waals surface area contributed by atoms with Crippen molar-refractivity contribution in [3.05, 3.63) is 35.3 Å². The smallest absolute Gasteiger partial charge is 0.349 e. The molecule has 1 heterocycles. The summed E-state index contributed by atoms with van der Waals surface area (Å²) in [6.45, 7) is 1.81. The second-order valence-electron chi connectivity index (χ2n) is 3.87. The lowest BCUT2D eigenvalue weighted by molar-refractivity contribution is -0.138. The van der Waals surface area contributed by atoms with Crippen LogP contribution in [0.1, 0.15) is 6.92 Å². The number of hydrogen-bond acceptors (Lipinski definition) is 6. The Hall–Kier alpha value is -2.55. The molecule has 0 radical (unpaired) electrons. The maximum atomic E-state index is 11.5. The Bertz CT molecular complexity index is 521. The third kappa shape index (κ3) is 4.00. The van der Waals surface area contributed by atoms with Crippen LogP contribution in [-0.2, 0) is 19.1 Å². The molecule has 0 saturated heterocycles. The third-order valence-electron chi connectivity index (χ3n) is 2.04. The molecule has 0 bridgehead atoms. The molecule has 6 heteroatoms. The van der Waals surface area contributed by atoms with Crippen LogP contribution in [0.25, 0.3) is 0 Å². The Balaban J connectivity index is 2.96. The first-order valence-corrected chi connectivity index (χ1v) is 5.59. The SMILES string of the molecule is CCOC(=O)/C(C#N)=C\C1=CC(=C/N(C)C)/C(=O)O1. The lowest BCUT2D eigenvalue weighted by Crippen LogP contribution is -2.07. The minimum atomic E-state index is -0.744. The van der Waals surface area contributed by atoms with Gasteiger partial charge in [-0.15, -0.1) is 0 Å². The number of ether oxygens (including phenoxy) is 2. The summed E-state index contributed by atoms with van der Waals surface area (Å²) < 4.78 is 9.63. The van der Waals surface area contributed by atoms with Crippen molar-refractivity contribution in [1.82, 2.24) is 4.90 Å². The van der Waals surface area contributed by atoms with Crippen molar-refractivity contribution in [2.75, 3.05) is 20.7 Å². The molecule has 100 valence electrons. The van der Waals surface area contributed by atoms with Gasteiger partial charge in [-0.25, -0.2) is 9.59 Å². The molecule has 0 unspecified atom stereocenters. The van der Waals surface area contributed by atoms with Crippen LogP contribution in [0.4, 0.5) is 0 Å². The monoisotopic (exact) mass is 262 g/mol.